The second-order valence-corrected chi connectivity index (χ2v) is 2.58. The molecule has 0 atom stereocenters. The van der Waals surface area contributed by atoms with Crippen molar-refractivity contribution in [1.29, 1.82) is 0 Å². The van der Waals surface area contributed by atoms with Gasteiger partial charge in [0.1, 0.15) is 11.6 Å². The molecule has 4 nitrogen and oxygen atoms in total. The van der Waals surface area contributed by atoms with E-state index in [-0.39, 0.29) is 30.8 Å². The van der Waals surface area contributed by atoms with Crippen molar-refractivity contribution in [1.82, 2.24) is 0 Å². The van der Waals surface area contributed by atoms with Gasteiger partial charge >= 0.3 is 5.97 Å². The summed E-state index contributed by atoms with van der Waals surface area (Å²) in [5.41, 5.74) is 0. The first kappa shape index (κ1) is 7.91. The number of carboxylic acids is 1. The van der Waals surface area contributed by atoms with Gasteiger partial charge in [-0.05, 0) is 0 Å². The van der Waals surface area contributed by atoms with Gasteiger partial charge in [0.05, 0.1) is 12.3 Å². The highest BCUT2D eigenvalue weighted by molar-refractivity contribution is 6.10. The Morgan fingerprint density at radius 1 is 1.36 bits per heavy atom. The molecular formula is C7H8O4. The average Bonchev–Trinajstić information content (AvgIpc) is 2.18. The van der Waals surface area contributed by atoms with Crippen molar-refractivity contribution < 1.29 is 19.5 Å². The Kier molecular flexibility index (Phi) is 2.03. The number of ketones is 2. The molecule has 60 valence electrons. The van der Waals surface area contributed by atoms with Gasteiger partial charge in [-0.15, -0.1) is 0 Å². The predicted molar refractivity (Wildman–Crippen MR) is 35.0 cm³/mol. The Hall–Kier alpha value is -1.19. The van der Waals surface area contributed by atoms with Crippen LogP contribution in [0.5, 0.6) is 0 Å². The lowest BCUT2D eigenvalue weighted by Crippen LogP contribution is -2.18. The number of rotatable bonds is 2. The molecule has 0 aromatic carbocycles. The van der Waals surface area contributed by atoms with Crippen LogP contribution in [0.15, 0.2) is 0 Å². The topological polar surface area (TPSA) is 71.4 Å². The van der Waals surface area contributed by atoms with Crippen molar-refractivity contribution in [3.63, 3.8) is 0 Å². The van der Waals surface area contributed by atoms with E-state index in [2.05, 4.69) is 0 Å². The van der Waals surface area contributed by atoms with Crippen LogP contribution in [0, 0.1) is 5.92 Å². The molecule has 4 heteroatoms. The van der Waals surface area contributed by atoms with E-state index in [9.17, 15) is 14.4 Å². The summed E-state index contributed by atoms with van der Waals surface area (Å²) in [5, 5.41) is 8.30. The van der Waals surface area contributed by atoms with E-state index in [0.29, 0.717) is 0 Å². The summed E-state index contributed by atoms with van der Waals surface area (Å²) in [5.74, 6) is -2.39. The van der Waals surface area contributed by atoms with Crippen LogP contribution in [-0.2, 0) is 14.4 Å². The molecule has 0 amide bonds. The Balaban J connectivity index is 2.62. The minimum Gasteiger partial charge on any atom is -0.481 e. The summed E-state index contributed by atoms with van der Waals surface area (Å²) in [4.78, 5) is 31.8. The fourth-order valence-electron chi connectivity index (χ4n) is 1.18. The SMILES string of the molecule is O=C(O)CC1C(=O)CCC1=O. The van der Waals surface area contributed by atoms with Gasteiger partial charge in [-0.2, -0.15) is 0 Å². The van der Waals surface area contributed by atoms with E-state index >= 15 is 0 Å². The highest BCUT2D eigenvalue weighted by Crippen LogP contribution is 2.20. The molecule has 0 bridgehead atoms. The van der Waals surface area contributed by atoms with Gasteiger partial charge in [-0.25, -0.2) is 0 Å². The van der Waals surface area contributed by atoms with E-state index in [1.165, 1.54) is 0 Å². The molecular weight excluding hydrogens is 148 g/mol. The fourth-order valence-corrected chi connectivity index (χ4v) is 1.18. The number of hydrogen-bond acceptors (Lipinski definition) is 3. The maximum Gasteiger partial charge on any atom is 0.304 e. The van der Waals surface area contributed by atoms with Crippen molar-refractivity contribution in [2.75, 3.05) is 0 Å². The summed E-state index contributed by atoms with van der Waals surface area (Å²) in [6, 6.07) is 0. The van der Waals surface area contributed by atoms with E-state index in [0.717, 1.165) is 0 Å². The Morgan fingerprint density at radius 2 is 1.82 bits per heavy atom. The van der Waals surface area contributed by atoms with Gasteiger partial charge in [-0.3, -0.25) is 14.4 Å². The minimum atomic E-state index is -1.08. The maximum atomic E-state index is 10.8. The van der Waals surface area contributed by atoms with Crippen molar-refractivity contribution in [3.05, 3.63) is 0 Å². The third-order valence-corrected chi connectivity index (χ3v) is 1.77. The van der Waals surface area contributed by atoms with Gasteiger partial charge in [0.2, 0.25) is 0 Å². The van der Waals surface area contributed by atoms with Crippen LogP contribution >= 0.6 is 0 Å². The molecule has 1 N–H and O–H groups in total. The molecule has 11 heavy (non-hydrogen) atoms. The molecule has 1 fully saturated rings. The van der Waals surface area contributed by atoms with E-state index in [4.69, 9.17) is 5.11 Å². The number of aliphatic carboxylic acids is 1. The zero-order chi connectivity index (χ0) is 8.43. The van der Waals surface area contributed by atoms with E-state index in [1.54, 1.807) is 0 Å². The standard InChI is InChI=1S/C7H8O4/c8-5-1-2-6(9)4(5)3-7(10)11/h4H,1-3H2,(H,10,11). The monoisotopic (exact) mass is 156 g/mol. The predicted octanol–water partition coefficient (Wildman–Crippen LogP) is 0.00930. The lowest BCUT2D eigenvalue weighted by atomic mass is 10.0. The fraction of sp³-hybridized carbons (Fsp3) is 0.571. The quantitative estimate of drug-likeness (QED) is 0.571. The second kappa shape index (κ2) is 2.82. The Morgan fingerprint density at radius 3 is 2.18 bits per heavy atom. The first-order valence-electron chi connectivity index (χ1n) is 3.38. The van der Waals surface area contributed by atoms with Crippen LogP contribution in [0.2, 0.25) is 0 Å². The molecule has 1 rings (SSSR count). The van der Waals surface area contributed by atoms with Gasteiger partial charge in [-0.1, -0.05) is 0 Å². The summed E-state index contributed by atoms with van der Waals surface area (Å²) in [6.07, 6.45) is 0.102. The molecule has 0 aliphatic heterocycles. The first-order chi connectivity index (χ1) is 5.11. The minimum absolute atomic E-state index is 0.219. The van der Waals surface area contributed by atoms with Crippen molar-refractivity contribution >= 4 is 17.5 Å². The van der Waals surface area contributed by atoms with Crippen LogP contribution in [-0.4, -0.2) is 22.6 Å². The molecule has 0 unspecified atom stereocenters. The lowest BCUT2D eigenvalue weighted by molar-refractivity contribution is -0.142. The molecule has 0 aromatic rings. The van der Waals surface area contributed by atoms with Gasteiger partial charge in [0.25, 0.3) is 0 Å². The van der Waals surface area contributed by atoms with Crippen LogP contribution < -0.4 is 0 Å². The molecule has 1 aliphatic rings. The molecule has 1 saturated carbocycles. The molecule has 1 aliphatic carbocycles. The summed E-state index contributed by atoms with van der Waals surface area (Å²) >= 11 is 0. The normalized spacial score (nSPS) is 19.3. The number of carboxylic acid groups (broad SMARTS) is 1. The first-order valence-corrected chi connectivity index (χ1v) is 3.38. The smallest absolute Gasteiger partial charge is 0.304 e. The molecule has 0 spiro atoms. The van der Waals surface area contributed by atoms with Gasteiger partial charge < -0.3 is 5.11 Å². The van der Waals surface area contributed by atoms with E-state index in [1.807, 2.05) is 0 Å². The summed E-state index contributed by atoms with van der Waals surface area (Å²) in [7, 11) is 0. The van der Waals surface area contributed by atoms with E-state index < -0.39 is 11.9 Å². The lowest BCUT2D eigenvalue weighted by Gasteiger charge is -1.99. The zero-order valence-electron chi connectivity index (χ0n) is 5.87. The number of Topliss-reactive ketones (excluding diaryl/α,β-unsaturated/α-hetero) is 2. The summed E-state index contributed by atoms with van der Waals surface area (Å²) < 4.78 is 0. The third kappa shape index (κ3) is 1.63. The average molecular weight is 156 g/mol. The molecule has 0 radical (unpaired) electrons. The maximum absolute atomic E-state index is 10.8. The van der Waals surface area contributed by atoms with Gasteiger partial charge in [0.15, 0.2) is 0 Å². The van der Waals surface area contributed by atoms with Crippen LogP contribution in [0.1, 0.15) is 19.3 Å². The Bertz CT molecular complexity index is 202. The zero-order valence-corrected chi connectivity index (χ0v) is 5.87. The van der Waals surface area contributed by atoms with Crippen LogP contribution in [0.3, 0.4) is 0 Å². The second-order valence-electron chi connectivity index (χ2n) is 2.58. The number of carbonyl (C=O) groups is 3. The summed E-state index contributed by atoms with van der Waals surface area (Å²) in [6.45, 7) is 0. The van der Waals surface area contributed by atoms with Crippen molar-refractivity contribution in [2.45, 2.75) is 19.3 Å². The highest BCUT2D eigenvalue weighted by Gasteiger charge is 2.34. The Labute approximate surface area is 63.2 Å². The van der Waals surface area contributed by atoms with Crippen molar-refractivity contribution in [2.24, 2.45) is 5.92 Å². The molecule has 0 aromatic heterocycles. The van der Waals surface area contributed by atoms with Crippen molar-refractivity contribution in [3.8, 4) is 0 Å². The largest absolute Gasteiger partial charge is 0.481 e. The van der Waals surface area contributed by atoms with Crippen LogP contribution in [0.25, 0.3) is 0 Å². The third-order valence-electron chi connectivity index (χ3n) is 1.77. The number of hydrogen-bond donors (Lipinski definition) is 1. The number of carbonyl (C=O) groups excluding carboxylic acids is 2. The van der Waals surface area contributed by atoms with Gasteiger partial charge in [0, 0.05) is 12.8 Å². The molecule has 0 saturated heterocycles. The van der Waals surface area contributed by atoms with Crippen LogP contribution in [0.4, 0.5) is 0 Å². The highest BCUT2D eigenvalue weighted by atomic mass is 16.4. The molecule has 0 heterocycles.